The third-order valence-electron chi connectivity index (χ3n) is 1.68. The highest BCUT2D eigenvalue weighted by Gasteiger charge is 1.97. The molecule has 0 amide bonds. The van der Waals surface area contributed by atoms with E-state index in [0.29, 0.717) is 10.3 Å². The summed E-state index contributed by atoms with van der Waals surface area (Å²) in [6.45, 7) is 0. The minimum atomic E-state index is 0.630. The zero-order valence-corrected chi connectivity index (χ0v) is 7.58. The van der Waals surface area contributed by atoms with Gasteiger partial charge in [-0.1, -0.05) is 18.3 Å². The van der Waals surface area contributed by atoms with Crippen LogP contribution in [0.3, 0.4) is 0 Å². The van der Waals surface area contributed by atoms with Gasteiger partial charge in [0.15, 0.2) is 0 Å². The molecule has 0 aliphatic carbocycles. The number of benzene rings is 1. The second-order valence-corrected chi connectivity index (χ2v) is 3.05. The summed E-state index contributed by atoms with van der Waals surface area (Å²) in [5.41, 5.74) is 7.23. The van der Waals surface area contributed by atoms with E-state index in [1.807, 2.05) is 24.3 Å². The number of nitrogens with one attached hydrogen (secondary N) is 1. The van der Waals surface area contributed by atoms with Crippen molar-refractivity contribution in [2.24, 2.45) is 0 Å². The molecule has 0 aliphatic heterocycles. The molecular weight excluding hydrogens is 184 g/mol. The van der Waals surface area contributed by atoms with Crippen molar-refractivity contribution >= 4 is 17.9 Å². The Labute approximate surface area is 80.0 Å². The molecule has 2 aromatic rings. The van der Waals surface area contributed by atoms with Crippen molar-refractivity contribution in [3.05, 3.63) is 35.1 Å². The lowest BCUT2D eigenvalue weighted by molar-refractivity contribution is 0.797. The predicted octanol–water partition coefficient (Wildman–Crippen LogP) is 1.51. The van der Waals surface area contributed by atoms with Crippen LogP contribution in [0.1, 0.15) is 0 Å². The maximum absolute atomic E-state index is 5.63. The van der Waals surface area contributed by atoms with Crippen molar-refractivity contribution in [3.8, 4) is 5.69 Å². The van der Waals surface area contributed by atoms with Crippen LogP contribution in [0, 0.1) is 4.64 Å². The van der Waals surface area contributed by atoms with Gasteiger partial charge in [-0.3, -0.25) is 0 Å². The number of anilines is 1. The van der Waals surface area contributed by atoms with E-state index in [0.717, 1.165) is 5.69 Å². The highest BCUT2D eigenvalue weighted by Crippen LogP contribution is 2.10. The SMILES string of the molecule is Nc1cccc(-n2[nH]ncc2=S)c1. The molecular formula is C8H8N4S. The molecule has 2 rings (SSSR count). The lowest BCUT2D eigenvalue weighted by Crippen LogP contribution is -1.97. The summed E-state index contributed by atoms with van der Waals surface area (Å²) in [5.74, 6) is 0. The lowest BCUT2D eigenvalue weighted by Gasteiger charge is -2.01. The quantitative estimate of drug-likeness (QED) is 0.532. The number of rotatable bonds is 1. The fraction of sp³-hybridized carbons (Fsp3) is 0. The summed E-state index contributed by atoms with van der Waals surface area (Å²) < 4.78 is 2.32. The number of nitrogen functional groups attached to an aromatic ring is 1. The minimum Gasteiger partial charge on any atom is -0.399 e. The van der Waals surface area contributed by atoms with Crippen LogP contribution in [0.25, 0.3) is 5.69 Å². The zero-order chi connectivity index (χ0) is 9.26. The van der Waals surface area contributed by atoms with Gasteiger partial charge in [0.1, 0.15) is 4.64 Å². The molecule has 3 N–H and O–H groups in total. The van der Waals surface area contributed by atoms with Crippen molar-refractivity contribution in [2.45, 2.75) is 0 Å². The number of nitrogens with two attached hydrogens (primary N) is 1. The Balaban J connectivity index is 2.59. The fourth-order valence-electron chi connectivity index (χ4n) is 1.10. The standard InChI is InChI=1S/C8H8N4S/c9-6-2-1-3-7(4-6)12-8(13)5-10-11-12/h1-5,11H,9H2. The fourth-order valence-corrected chi connectivity index (χ4v) is 1.30. The Morgan fingerprint density at radius 3 is 2.92 bits per heavy atom. The third-order valence-corrected chi connectivity index (χ3v) is 1.97. The van der Waals surface area contributed by atoms with Crippen LogP contribution in [0.4, 0.5) is 5.69 Å². The molecule has 0 aliphatic rings. The molecule has 0 spiro atoms. The monoisotopic (exact) mass is 192 g/mol. The highest BCUT2D eigenvalue weighted by atomic mass is 32.1. The van der Waals surface area contributed by atoms with E-state index in [4.69, 9.17) is 18.0 Å². The summed E-state index contributed by atoms with van der Waals surface area (Å²) in [6, 6.07) is 7.43. The second kappa shape index (κ2) is 3.02. The number of nitrogens with zero attached hydrogens (tertiary/aromatic N) is 2. The molecule has 1 heterocycles. The first-order valence-electron chi connectivity index (χ1n) is 3.76. The van der Waals surface area contributed by atoms with Gasteiger partial charge in [0.25, 0.3) is 0 Å². The Morgan fingerprint density at radius 1 is 1.46 bits per heavy atom. The van der Waals surface area contributed by atoms with Crippen molar-refractivity contribution in [1.82, 2.24) is 15.0 Å². The summed E-state index contributed by atoms with van der Waals surface area (Å²) in [4.78, 5) is 0. The third kappa shape index (κ3) is 1.46. The molecule has 0 radical (unpaired) electrons. The molecule has 0 bridgehead atoms. The average molecular weight is 192 g/mol. The van der Waals surface area contributed by atoms with E-state index in [2.05, 4.69) is 10.3 Å². The Hall–Kier alpha value is -1.62. The van der Waals surface area contributed by atoms with E-state index in [1.54, 1.807) is 10.9 Å². The smallest absolute Gasteiger partial charge is 0.147 e. The van der Waals surface area contributed by atoms with Gasteiger partial charge in [0.05, 0.1) is 11.9 Å². The van der Waals surface area contributed by atoms with Gasteiger partial charge >= 0.3 is 0 Å². The zero-order valence-electron chi connectivity index (χ0n) is 6.77. The van der Waals surface area contributed by atoms with Crippen LogP contribution < -0.4 is 5.73 Å². The normalized spacial score (nSPS) is 10.2. The number of hydrogen-bond acceptors (Lipinski definition) is 3. The Bertz CT molecular complexity index is 471. The predicted molar refractivity (Wildman–Crippen MR) is 53.2 cm³/mol. The van der Waals surface area contributed by atoms with E-state index in [1.165, 1.54) is 0 Å². The molecule has 0 atom stereocenters. The van der Waals surface area contributed by atoms with Gasteiger partial charge < -0.3 is 5.73 Å². The van der Waals surface area contributed by atoms with Gasteiger partial charge in [-0.2, -0.15) is 5.10 Å². The molecule has 5 heteroatoms. The Morgan fingerprint density at radius 2 is 2.31 bits per heavy atom. The van der Waals surface area contributed by atoms with Crippen LogP contribution in [-0.4, -0.2) is 15.0 Å². The van der Waals surface area contributed by atoms with E-state index >= 15 is 0 Å². The summed E-state index contributed by atoms with van der Waals surface area (Å²) in [6.07, 6.45) is 1.58. The molecule has 0 saturated carbocycles. The highest BCUT2D eigenvalue weighted by molar-refractivity contribution is 7.71. The van der Waals surface area contributed by atoms with Crippen molar-refractivity contribution in [3.63, 3.8) is 0 Å². The van der Waals surface area contributed by atoms with Crippen LogP contribution in [0.15, 0.2) is 30.5 Å². The summed E-state index contributed by atoms with van der Waals surface area (Å²) in [5, 5.41) is 6.58. The molecule has 0 unspecified atom stereocenters. The molecule has 1 aromatic heterocycles. The van der Waals surface area contributed by atoms with Gasteiger partial charge in [-0.05, 0) is 18.2 Å². The van der Waals surface area contributed by atoms with E-state index in [-0.39, 0.29) is 0 Å². The molecule has 0 fully saturated rings. The molecule has 13 heavy (non-hydrogen) atoms. The topological polar surface area (TPSA) is 59.6 Å². The number of aromatic nitrogens is 3. The number of aromatic amines is 1. The lowest BCUT2D eigenvalue weighted by atomic mass is 10.3. The summed E-state index contributed by atoms with van der Waals surface area (Å²) >= 11 is 5.04. The number of H-pyrrole nitrogens is 1. The van der Waals surface area contributed by atoms with Gasteiger partial charge in [0.2, 0.25) is 0 Å². The first-order valence-corrected chi connectivity index (χ1v) is 4.16. The average Bonchev–Trinajstić information content (AvgIpc) is 2.51. The van der Waals surface area contributed by atoms with Gasteiger partial charge in [-0.15, -0.1) is 0 Å². The summed E-state index contributed by atoms with van der Waals surface area (Å²) in [7, 11) is 0. The van der Waals surface area contributed by atoms with E-state index in [9.17, 15) is 0 Å². The molecule has 4 nitrogen and oxygen atoms in total. The van der Waals surface area contributed by atoms with Crippen molar-refractivity contribution in [1.29, 1.82) is 0 Å². The van der Waals surface area contributed by atoms with E-state index < -0.39 is 0 Å². The van der Waals surface area contributed by atoms with Crippen LogP contribution >= 0.6 is 12.2 Å². The van der Waals surface area contributed by atoms with Gasteiger partial charge in [-0.25, -0.2) is 9.90 Å². The van der Waals surface area contributed by atoms with Crippen molar-refractivity contribution < 1.29 is 0 Å². The largest absolute Gasteiger partial charge is 0.399 e. The van der Waals surface area contributed by atoms with Crippen molar-refractivity contribution in [2.75, 3.05) is 5.73 Å². The number of hydrogen-bond donors (Lipinski definition) is 2. The maximum atomic E-state index is 5.63. The molecule has 66 valence electrons. The first-order chi connectivity index (χ1) is 6.27. The maximum Gasteiger partial charge on any atom is 0.147 e. The van der Waals surface area contributed by atoms with Gasteiger partial charge in [0, 0.05) is 5.69 Å². The van der Waals surface area contributed by atoms with Crippen LogP contribution in [0.5, 0.6) is 0 Å². The molecule has 0 saturated heterocycles. The minimum absolute atomic E-state index is 0.630. The van der Waals surface area contributed by atoms with Crippen LogP contribution in [-0.2, 0) is 0 Å². The second-order valence-electron chi connectivity index (χ2n) is 2.63. The Kier molecular flexibility index (Phi) is 1.86. The molecule has 1 aromatic carbocycles. The first kappa shape index (κ1) is 8.00. The van der Waals surface area contributed by atoms with Crippen LogP contribution in [0.2, 0.25) is 0 Å².